The van der Waals surface area contributed by atoms with Gasteiger partial charge in [0.05, 0.1) is 0 Å². The van der Waals surface area contributed by atoms with Crippen LogP contribution in [0.1, 0.15) is 42.0 Å². The Morgan fingerprint density at radius 2 is 1.67 bits per heavy atom. The lowest BCUT2D eigenvalue weighted by Crippen LogP contribution is -2.11. The number of rotatable bonds is 5. The molecule has 0 unspecified atom stereocenters. The number of benzene rings is 1. The van der Waals surface area contributed by atoms with Gasteiger partial charge in [0, 0.05) is 6.04 Å². The summed E-state index contributed by atoms with van der Waals surface area (Å²) in [5, 5.41) is 0. The van der Waals surface area contributed by atoms with E-state index in [0.29, 0.717) is 0 Å². The monoisotopic (exact) mass is 206 g/mol. The van der Waals surface area contributed by atoms with Crippen molar-refractivity contribution in [3.05, 3.63) is 34.9 Å². The second kappa shape index (κ2) is 5.89. The molecule has 0 bridgehead atoms. The molecule has 0 saturated carbocycles. The van der Waals surface area contributed by atoms with Gasteiger partial charge in [0.2, 0.25) is 0 Å². The molecule has 0 saturated heterocycles. The predicted octanol–water partition coefficient (Wildman–Crippen LogP) is 2.43. The van der Waals surface area contributed by atoms with Crippen LogP contribution in [0.15, 0.2) is 18.2 Å². The highest BCUT2D eigenvalue weighted by molar-refractivity contribution is 5.30. The third kappa shape index (κ3) is 4.02. The Balaban J connectivity index is 2.60. The van der Waals surface area contributed by atoms with Gasteiger partial charge in [0.15, 0.2) is 0 Å². The molecule has 0 aliphatic carbocycles. The summed E-state index contributed by atoms with van der Waals surface area (Å²) in [6, 6.07) is 6.70. The second-order valence-electron chi connectivity index (χ2n) is 4.31. The van der Waals surface area contributed by atoms with Gasteiger partial charge in [-0.2, -0.15) is 0 Å². The molecule has 4 N–H and O–H groups in total. The van der Waals surface area contributed by atoms with Crippen molar-refractivity contribution in [1.82, 2.24) is 0 Å². The number of aryl methyl sites for hydroxylation is 2. The van der Waals surface area contributed by atoms with Crippen LogP contribution in [0.2, 0.25) is 0 Å². The molecule has 2 nitrogen and oxygen atoms in total. The largest absolute Gasteiger partial charge is 0.330 e. The standard InChI is InChI=1S/C13H22N2/c1-10-7-11(2)9-12(8-10)13(15)5-3-4-6-14/h7-9,13H,3-6,14-15H2,1-2H3/t13-/m0/s1. The molecule has 1 aromatic rings. The molecule has 2 heteroatoms. The Labute approximate surface area is 92.7 Å². The Kier molecular flexibility index (Phi) is 4.79. The van der Waals surface area contributed by atoms with Gasteiger partial charge in [-0.3, -0.25) is 0 Å². The first-order chi connectivity index (χ1) is 7.13. The highest BCUT2D eigenvalue weighted by atomic mass is 14.6. The predicted molar refractivity (Wildman–Crippen MR) is 65.7 cm³/mol. The van der Waals surface area contributed by atoms with E-state index in [0.717, 1.165) is 25.8 Å². The fourth-order valence-electron chi connectivity index (χ4n) is 1.90. The second-order valence-corrected chi connectivity index (χ2v) is 4.31. The van der Waals surface area contributed by atoms with Crippen LogP contribution < -0.4 is 11.5 Å². The molecule has 0 amide bonds. The van der Waals surface area contributed by atoms with Gasteiger partial charge in [-0.05, 0) is 38.8 Å². The van der Waals surface area contributed by atoms with Crippen LogP contribution in [0.4, 0.5) is 0 Å². The quantitative estimate of drug-likeness (QED) is 0.727. The van der Waals surface area contributed by atoms with Crippen molar-refractivity contribution in [3.63, 3.8) is 0 Å². The van der Waals surface area contributed by atoms with Crippen LogP contribution in [-0.2, 0) is 0 Å². The van der Waals surface area contributed by atoms with E-state index in [9.17, 15) is 0 Å². The molecule has 0 aliphatic rings. The van der Waals surface area contributed by atoms with Gasteiger partial charge in [-0.1, -0.05) is 35.7 Å². The van der Waals surface area contributed by atoms with E-state index in [2.05, 4.69) is 32.0 Å². The zero-order chi connectivity index (χ0) is 11.3. The molecule has 1 aromatic carbocycles. The van der Waals surface area contributed by atoms with Crippen LogP contribution in [0.5, 0.6) is 0 Å². The first-order valence-electron chi connectivity index (χ1n) is 5.67. The van der Waals surface area contributed by atoms with Gasteiger partial charge in [0.25, 0.3) is 0 Å². The summed E-state index contributed by atoms with van der Waals surface area (Å²) in [4.78, 5) is 0. The first-order valence-corrected chi connectivity index (χ1v) is 5.67. The molecular formula is C13H22N2. The fourth-order valence-corrected chi connectivity index (χ4v) is 1.90. The van der Waals surface area contributed by atoms with E-state index in [-0.39, 0.29) is 6.04 Å². The van der Waals surface area contributed by atoms with Crippen molar-refractivity contribution in [1.29, 1.82) is 0 Å². The Morgan fingerprint density at radius 3 is 2.20 bits per heavy atom. The summed E-state index contributed by atoms with van der Waals surface area (Å²) in [5.74, 6) is 0. The van der Waals surface area contributed by atoms with E-state index < -0.39 is 0 Å². The average Bonchev–Trinajstić information content (AvgIpc) is 2.16. The number of nitrogens with two attached hydrogens (primary N) is 2. The average molecular weight is 206 g/mol. The highest BCUT2D eigenvalue weighted by Crippen LogP contribution is 2.19. The minimum absolute atomic E-state index is 0.162. The zero-order valence-electron chi connectivity index (χ0n) is 9.79. The maximum Gasteiger partial charge on any atom is 0.0295 e. The first kappa shape index (κ1) is 12.2. The van der Waals surface area contributed by atoms with Gasteiger partial charge >= 0.3 is 0 Å². The fraction of sp³-hybridized carbons (Fsp3) is 0.538. The smallest absolute Gasteiger partial charge is 0.0295 e. The minimum Gasteiger partial charge on any atom is -0.330 e. The van der Waals surface area contributed by atoms with Crippen molar-refractivity contribution < 1.29 is 0 Å². The van der Waals surface area contributed by atoms with E-state index in [1.54, 1.807) is 0 Å². The number of hydrogen-bond acceptors (Lipinski definition) is 2. The van der Waals surface area contributed by atoms with Gasteiger partial charge in [-0.15, -0.1) is 0 Å². The maximum atomic E-state index is 6.13. The molecule has 0 spiro atoms. The summed E-state index contributed by atoms with van der Waals surface area (Å²) < 4.78 is 0. The van der Waals surface area contributed by atoms with Crippen LogP contribution in [0.3, 0.4) is 0 Å². The normalized spacial score (nSPS) is 12.8. The Bertz CT molecular complexity index is 287. The van der Waals surface area contributed by atoms with Crippen LogP contribution in [-0.4, -0.2) is 6.54 Å². The van der Waals surface area contributed by atoms with E-state index in [1.807, 2.05) is 0 Å². The summed E-state index contributed by atoms with van der Waals surface area (Å²) in [6.07, 6.45) is 3.21. The Hall–Kier alpha value is -0.860. The van der Waals surface area contributed by atoms with Crippen molar-refractivity contribution >= 4 is 0 Å². The summed E-state index contributed by atoms with van der Waals surface area (Å²) in [7, 11) is 0. The van der Waals surface area contributed by atoms with E-state index in [1.165, 1.54) is 16.7 Å². The van der Waals surface area contributed by atoms with Gasteiger partial charge in [-0.25, -0.2) is 0 Å². The topological polar surface area (TPSA) is 52.0 Å². The zero-order valence-corrected chi connectivity index (χ0v) is 9.79. The van der Waals surface area contributed by atoms with Gasteiger partial charge < -0.3 is 11.5 Å². The lowest BCUT2D eigenvalue weighted by atomic mass is 9.98. The van der Waals surface area contributed by atoms with Crippen molar-refractivity contribution in [3.8, 4) is 0 Å². The van der Waals surface area contributed by atoms with Gasteiger partial charge in [0.1, 0.15) is 0 Å². The lowest BCUT2D eigenvalue weighted by molar-refractivity contribution is 0.590. The lowest BCUT2D eigenvalue weighted by Gasteiger charge is -2.13. The summed E-state index contributed by atoms with van der Waals surface area (Å²) >= 11 is 0. The van der Waals surface area contributed by atoms with Crippen molar-refractivity contribution in [2.24, 2.45) is 11.5 Å². The molecule has 84 valence electrons. The van der Waals surface area contributed by atoms with Crippen molar-refractivity contribution in [2.75, 3.05) is 6.54 Å². The Morgan fingerprint density at radius 1 is 1.07 bits per heavy atom. The molecule has 0 aromatic heterocycles. The molecule has 0 fully saturated rings. The molecule has 0 heterocycles. The molecule has 15 heavy (non-hydrogen) atoms. The minimum atomic E-state index is 0.162. The van der Waals surface area contributed by atoms with Crippen molar-refractivity contribution in [2.45, 2.75) is 39.2 Å². The van der Waals surface area contributed by atoms with E-state index in [4.69, 9.17) is 11.5 Å². The third-order valence-electron chi connectivity index (χ3n) is 2.64. The third-order valence-corrected chi connectivity index (χ3v) is 2.64. The molecular weight excluding hydrogens is 184 g/mol. The number of hydrogen-bond donors (Lipinski definition) is 2. The highest BCUT2D eigenvalue weighted by Gasteiger charge is 2.06. The molecule has 0 radical (unpaired) electrons. The van der Waals surface area contributed by atoms with Crippen LogP contribution in [0, 0.1) is 13.8 Å². The SMILES string of the molecule is Cc1cc(C)cc([C@@H](N)CCCCN)c1. The number of unbranched alkanes of at least 4 members (excludes halogenated alkanes) is 1. The van der Waals surface area contributed by atoms with E-state index >= 15 is 0 Å². The maximum absolute atomic E-state index is 6.13. The molecule has 1 atom stereocenters. The van der Waals surface area contributed by atoms with Crippen LogP contribution in [0.25, 0.3) is 0 Å². The van der Waals surface area contributed by atoms with Crippen LogP contribution >= 0.6 is 0 Å². The molecule has 1 rings (SSSR count). The molecule has 0 aliphatic heterocycles. The summed E-state index contributed by atoms with van der Waals surface area (Å²) in [5.41, 5.74) is 15.4. The summed E-state index contributed by atoms with van der Waals surface area (Å²) in [6.45, 7) is 4.99.